The number of hydrogen-bond acceptors (Lipinski definition) is 12. The summed E-state index contributed by atoms with van der Waals surface area (Å²) in [5.74, 6) is -1.38. The van der Waals surface area contributed by atoms with Gasteiger partial charge in [-0.15, -0.1) is 0 Å². The zero-order chi connectivity index (χ0) is 43.4. The molecule has 7 atom stereocenters. The molecule has 0 aromatic carbocycles. The zero-order valence-corrected chi connectivity index (χ0v) is 36.6. The fraction of sp³-hybridized carbons (Fsp3) is 0.689. The minimum absolute atomic E-state index is 0.00190. The highest BCUT2D eigenvalue weighted by Crippen LogP contribution is 2.43. The molecule has 1 fully saturated rings. The number of allylic oxidation sites excluding steroid dienone is 10. The predicted octanol–water partition coefficient (Wildman–Crippen LogP) is 8.38. The van der Waals surface area contributed by atoms with Gasteiger partial charge >= 0.3 is 19.8 Å². The van der Waals surface area contributed by atoms with Crippen molar-refractivity contribution in [2.45, 2.75) is 167 Å². The van der Waals surface area contributed by atoms with Crippen LogP contribution in [0.5, 0.6) is 0 Å². The normalized spacial score (nSPS) is 21.1. The molecule has 1 saturated heterocycles. The number of esters is 2. The summed E-state index contributed by atoms with van der Waals surface area (Å²) in [6.45, 7) is 3.14. The van der Waals surface area contributed by atoms with E-state index < -0.39 is 57.1 Å². The van der Waals surface area contributed by atoms with E-state index in [0.717, 1.165) is 70.6 Å². The Morgan fingerprint density at radius 3 is 2.14 bits per heavy atom. The lowest BCUT2D eigenvalue weighted by Gasteiger charge is -2.36. The van der Waals surface area contributed by atoms with Crippen molar-refractivity contribution in [3.8, 4) is 0 Å². The molecule has 1 heterocycles. The van der Waals surface area contributed by atoms with Crippen LogP contribution in [0.3, 0.4) is 0 Å². The number of ether oxygens (including phenoxy) is 3. The standard InChI is InChI=1S/C45H76NO12P/c1-3-5-7-8-9-10-11-12-13-14-15-16-17-18-19-20-25-29-43(49)54-36-39(37-56-59(52,53)55-34-33-46)57-44(50)30-26-22-21-24-28-40-41(48)35-45(51)58-42(40)32-31-38(47)27-23-6-4-2/h5,7,9-10,12-13,15-16,21,24,31-32,38-42,45,47-48,51H,3-4,6,8,11,14,17-20,22-23,25-30,33-37,46H2,1-2H3,(H,52,53)/b7-5-,10-9-,13-12-,16-15-,24-21-,32-31+/t38-,39+,40-,41-,42+,45?/m0/s1. The molecule has 0 bridgehead atoms. The highest BCUT2D eigenvalue weighted by molar-refractivity contribution is 7.47. The van der Waals surface area contributed by atoms with Crippen molar-refractivity contribution >= 4 is 19.8 Å². The van der Waals surface area contributed by atoms with Gasteiger partial charge in [0.05, 0.1) is 31.5 Å². The Kier molecular flexibility index (Phi) is 33.1. The van der Waals surface area contributed by atoms with Gasteiger partial charge in [0.2, 0.25) is 0 Å². The molecule has 0 spiro atoms. The third-order valence-electron chi connectivity index (χ3n) is 9.37. The number of aliphatic hydroxyl groups is 3. The molecule has 0 radical (unpaired) electrons. The average molecular weight is 854 g/mol. The van der Waals surface area contributed by atoms with Crippen LogP contribution in [-0.4, -0.2) is 89.2 Å². The Bertz CT molecular complexity index is 1320. The smallest absolute Gasteiger partial charge is 0.462 e. The lowest BCUT2D eigenvalue weighted by Crippen LogP contribution is -2.43. The second-order valence-electron chi connectivity index (χ2n) is 14.7. The van der Waals surface area contributed by atoms with Crippen LogP contribution in [0.25, 0.3) is 0 Å². The van der Waals surface area contributed by atoms with Gasteiger partial charge in [-0.05, 0) is 70.6 Å². The lowest BCUT2D eigenvalue weighted by molar-refractivity contribution is -0.199. The van der Waals surface area contributed by atoms with Gasteiger partial charge < -0.3 is 40.2 Å². The minimum Gasteiger partial charge on any atom is -0.462 e. The summed E-state index contributed by atoms with van der Waals surface area (Å²) in [7, 11) is -4.47. The minimum atomic E-state index is -4.47. The summed E-state index contributed by atoms with van der Waals surface area (Å²) in [4.78, 5) is 35.1. The number of phosphoric ester groups is 1. The highest BCUT2D eigenvalue weighted by Gasteiger charge is 2.35. The molecule has 0 aromatic heterocycles. The molecule has 0 amide bonds. The summed E-state index contributed by atoms with van der Waals surface area (Å²) >= 11 is 0. The number of aliphatic hydroxyl groups excluding tert-OH is 3. The fourth-order valence-electron chi connectivity index (χ4n) is 6.07. The van der Waals surface area contributed by atoms with Gasteiger partial charge in [0, 0.05) is 31.7 Å². The Morgan fingerprint density at radius 2 is 1.44 bits per heavy atom. The van der Waals surface area contributed by atoms with Crippen LogP contribution >= 0.6 is 7.82 Å². The molecule has 0 saturated carbocycles. The van der Waals surface area contributed by atoms with Crippen LogP contribution in [0.15, 0.2) is 72.9 Å². The third kappa shape index (κ3) is 30.9. The van der Waals surface area contributed by atoms with Gasteiger partial charge in [0.1, 0.15) is 6.61 Å². The molecule has 0 aromatic rings. The first-order chi connectivity index (χ1) is 28.5. The van der Waals surface area contributed by atoms with E-state index in [2.05, 4.69) is 62.5 Å². The average Bonchev–Trinajstić information content (AvgIpc) is 3.20. The third-order valence-corrected chi connectivity index (χ3v) is 10.4. The fourth-order valence-corrected chi connectivity index (χ4v) is 6.84. The van der Waals surface area contributed by atoms with Crippen molar-refractivity contribution in [2.24, 2.45) is 11.7 Å². The van der Waals surface area contributed by atoms with Crippen molar-refractivity contribution in [2.75, 3.05) is 26.4 Å². The number of carbonyl (C=O) groups is 2. The van der Waals surface area contributed by atoms with Crippen LogP contribution < -0.4 is 5.73 Å². The first kappa shape index (κ1) is 54.3. The second-order valence-corrected chi connectivity index (χ2v) is 16.2. The second kappa shape index (κ2) is 36.0. The molecule has 1 aliphatic heterocycles. The van der Waals surface area contributed by atoms with Crippen LogP contribution in [-0.2, 0) is 37.4 Å². The van der Waals surface area contributed by atoms with Gasteiger partial charge in [-0.3, -0.25) is 18.6 Å². The maximum absolute atomic E-state index is 12.7. The number of nitrogens with two attached hydrogens (primary N) is 1. The molecule has 59 heavy (non-hydrogen) atoms. The molecule has 1 aliphatic rings. The van der Waals surface area contributed by atoms with E-state index in [-0.39, 0.29) is 44.9 Å². The predicted molar refractivity (Wildman–Crippen MR) is 232 cm³/mol. The van der Waals surface area contributed by atoms with Gasteiger partial charge in [0.15, 0.2) is 12.4 Å². The SMILES string of the molecule is CC/C=C\C/C=C\C/C=C\C/C=C\CCCCCCC(=O)OC[C@H](COP(=O)(O)OCCN)OC(=O)CCC/C=C\C[C@H]1[C@@H](O)CC(O)O[C@@H]1/C=C/[C@@H](O)CCCCC. The van der Waals surface area contributed by atoms with Crippen molar-refractivity contribution in [3.63, 3.8) is 0 Å². The van der Waals surface area contributed by atoms with Crippen molar-refractivity contribution in [1.29, 1.82) is 0 Å². The summed E-state index contributed by atoms with van der Waals surface area (Å²) in [5.41, 5.74) is 5.34. The number of carbonyl (C=O) groups excluding carboxylic acids is 2. The molecule has 0 aliphatic carbocycles. The van der Waals surface area contributed by atoms with Crippen molar-refractivity contribution in [1.82, 2.24) is 0 Å². The Balaban J connectivity index is 2.46. The molecule has 13 nitrogen and oxygen atoms in total. The van der Waals surface area contributed by atoms with Crippen LogP contribution in [0, 0.1) is 5.92 Å². The van der Waals surface area contributed by atoms with Gasteiger partial charge in [0.25, 0.3) is 0 Å². The molecular weight excluding hydrogens is 777 g/mol. The molecule has 6 N–H and O–H groups in total. The Labute approximate surface area is 354 Å². The molecule has 2 unspecified atom stereocenters. The number of hydrogen-bond donors (Lipinski definition) is 5. The monoisotopic (exact) mass is 854 g/mol. The van der Waals surface area contributed by atoms with E-state index in [9.17, 15) is 34.4 Å². The summed E-state index contributed by atoms with van der Waals surface area (Å²) in [6, 6.07) is 0. The van der Waals surface area contributed by atoms with Crippen molar-refractivity contribution < 1.29 is 57.6 Å². The Hall–Kier alpha value is -2.71. The number of rotatable bonds is 35. The highest BCUT2D eigenvalue weighted by atomic mass is 31.2. The number of phosphoric acid groups is 1. The molecule has 338 valence electrons. The van der Waals surface area contributed by atoms with Crippen LogP contribution in [0.4, 0.5) is 0 Å². The van der Waals surface area contributed by atoms with E-state index in [0.29, 0.717) is 32.1 Å². The summed E-state index contributed by atoms with van der Waals surface area (Å²) < 4.78 is 38.4. The van der Waals surface area contributed by atoms with Gasteiger partial charge in [-0.2, -0.15) is 0 Å². The van der Waals surface area contributed by atoms with E-state index >= 15 is 0 Å². The van der Waals surface area contributed by atoms with Crippen LogP contribution in [0.2, 0.25) is 0 Å². The maximum Gasteiger partial charge on any atom is 0.472 e. The maximum atomic E-state index is 12.7. The molecule has 14 heteroatoms. The van der Waals surface area contributed by atoms with Gasteiger partial charge in [-0.25, -0.2) is 4.57 Å². The quantitative estimate of drug-likeness (QED) is 0.0176. The van der Waals surface area contributed by atoms with E-state index in [4.69, 9.17) is 29.0 Å². The molecule has 1 rings (SSSR count). The molecular formula is C45H76NO12P. The summed E-state index contributed by atoms with van der Waals surface area (Å²) in [5, 5.41) is 31.0. The Morgan fingerprint density at radius 1 is 0.797 bits per heavy atom. The zero-order valence-electron chi connectivity index (χ0n) is 35.7. The number of unbranched alkanes of at least 4 members (excludes halogenated alkanes) is 7. The van der Waals surface area contributed by atoms with Gasteiger partial charge in [-0.1, -0.05) is 119 Å². The van der Waals surface area contributed by atoms with Crippen LogP contribution in [0.1, 0.15) is 136 Å². The summed E-state index contributed by atoms with van der Waals surface area (Å²) in [6.07, 6.45) is 34.1. The van der Waals surface area contributed by atoms with E-state index in [1.54, 1.807) is 12.2 Å². The van der Waals surface area contributed by atoms with E-state index in [1.807, 2.05) is 12.2 Å². The van der Waals surface area contributed by atoms with E-state index in [1.165, 1.54) is 0 Å². The topological polar surface area (TPSA) is 204 Å². The first-order valence-electron chi connectivity index (χ1n) is 21.8. The largest absolute Gasteiger partial charge is 0.472 e. The first-order valence-corrected chi connectivity index (χ1v) is 23.3. The lowest BCUT2D eigenvalue weighted by atomic mass is 9.87. The van der Waals surface area contributed by atoms with Crippen molar-refractivity contribution in [3.05, 3.63) is 72.9 Å².